The van der Waals surface area contributed by atoms with Gasteiger partial charge >= 0.3 is 5.97 Å². The molecule has 4 heteroatoms. The molecule has 22 heavy (non-hydrogen) atoms. The fourth-order valence-corrected chi connectivity index (χ4v) is 1.96. The second-order valence-corrected chi connectivity index (χ2v) is 5.60. The highest BCUT2D eigenvalue weighted by Gasteiger charge is 2.15. The number of ether oxygens (including phenoxy) is 2. The largest absolute Gasteiger partial charge is 0.462 e. The molecule has 4 nitrogen and oxygen atoms in total. The van der Waals surface area contributed by atoms with Crippen LogP contribution in [0.2, 0.25) is 0 Å². The van der Waals surface area contributed by atoms with Crippen LogP contribution in [-0.2, 0) is 20.9 Å². The van der Waals surface area contributed by atoms with E-state index < -0.39 is 6.10 Å². The minimum Gasteiger partial charge on any atom is -0.462 e. The topological polar surface area (TPSA) is 55.8 Å². The summed E-state index contributed by atoms with van der Waals surface area (Å²) >= 11 is 0. The third-order valence-electron chi connectivity index (χ3n) is 3.40. The average Bonchev–Trinajstić information content (AvgIpc) is 2.47. The smallest absolute Gasteiger partial charge is 0.302 e. The van der Waals surface area contributed by atoms with Gasteiger partial charge in [0.05, 0.1) is 19.3 Å². The second-order valence-electron chi connectivity index (χ2n) is 5.60. The molecule has 0 spiro atoms. The first-order chi connectivity index (χ1) is 10.5. The summed E-state index contributed by atoms with van der Waals surface area (Å²) < 4.78 is 10.5. The van der Waals surface area contributed by atoms with Crippen molar-refractivity contribution in [1.82, 2.24) is 0 Å². The Morgan fingerprint density at radius 1 is 1.27 bits per heavy atom. The summed E-state index contributed by atoms with van der Waals surface area (Å²) in [4.78, 5) is 10.7. The minimum absolute atomic E-state index is 0.0424. The van der Waals surface area contributed by atoms with Gasteiger partial charge in [-0.3, -0.25) is 4.79 Å². The van der Waals surface area contributed by atoms with Crippen LogP contribution in [0.4, 0.5) is 0 Å². The molecule has 1 N–H and O–H groups in total. The van der Waals surface area contributed by atoms with Crippen LogP contribution in [-0.4, -0.2) is 30.4 Å². The fraction of sp³-hybridized carbons (Fsp3) is 0.500. The molecule has 0 unspecified atom stereocenters. The van der Waals surface area contributed by atoms with Gasteiger partial charge in [0.2, 0.25) is 0 Å². The lowest BCUT2D eigenvalue weighted by Crippen LogP contribution is -2.22. The Morgan fingerprint density at radius 2 is 1.95 bits per heavy atom. The van der Waals surface area contributed by atoms with E-state index in [1.807, 2.05) is 50.3 Å². The van der Waals surface area contributed by atoms with Crippen LogP contribution in [0, 0.1) is 5.92 Å². The van der Waals surface area contributed by atoms with Gasteiger partial charge in [0.25, 0.3) is 0 Å². The van der Waals surface area contributed by atoms with E-state index in [4.69, 9.17) is 9.47 Å². The van der Waals surface area contributed by atoms with Crippen molar-refractivity contribution in [3.63, 3.8) is 0 Å². The average molecular weight is 306 g/mol. The Balaban J connectivity index is 2.26. The molecule has 122 valence electrons. The number of carbonyl (C=O) groups excluding carboxylic acids is 1. The predicted octanol–water partition coefficient (Wildman–Crippen LogP) is 3.10. The number of carbonyl (C=O) groups is 1. The molecule has 1 aromatic rings. The summed E-state index contributed by atoms with van der Waals surface area (Å²) in [5.74, 6) is -0.256. The zero-order chi connectivity index (χ0) is 16.4. The molecule has 0 bridgehead atoms. The molecule has 0 aliphatic rings. The summed E-state index contributed by atoms with van der Waals surface area (Å²) in [6.45, 7) is 6.59. The van der Waals surface area contributed by atoms with E-state index in [9.17, 15) is 9.90 Å². The van der Waals surface area contributed by atoms with E-state index in [0.29, 0.717) is 19.6 Å². The number of hydrogen-bond acceptors (Lipinski definition) is 4. The van der Waals surface area contributed by atoms with Crippen molar-refractivity contribution in [2.75, 3.05) is 13.2 Å². The van der Waals surface area contributed by atoms with Gasteiger partial charge in [-0.1, -0.05) is 42.8 Å². The van der Waals surface area contributed by atoms with Crippen molar-refractivity contribution in [3.05, 3.63) is 47.5 Å². The SMILES string of the molecule is CC(=O)OC/C=C(/C)C[C@@H](O)[C@H](C)COCc1ccccc1. The minimum atomic E-state index is -0.468. The van der Waals surface area contributed by atoms with Crippen LogP contribution < -0.4 is 0 Å². The van der Waals surface area contributed by atoms with Gasteiger partial charge in [0, 0.05) is 12.8 Å². The quantitative estimate of drug-likeness (QED) is 0.562. The van der Waals surface area contributed by atoms with Crippen molar-refractivity contribution in [1.29, 1.82) is 0 Å². The van der Waals surface area contributed by atoms with E-state index in [1.54, 1.807) is 0 Å². The number of hydrogen-bond donors (Lipinski definition) is 1. The van der Waals surface area contributed by atoms with Crippen molar-refractivity contribution in [2.24, 2.45) is 5.92 Å². The highest BCUT2D eigenvalue weighted by Crippen LogP contribution is 2.14. The number of esters is 1. The van der Waals surface area contributed by atoms with Crippen LogP contribution in [0.5, 0.6) is 0 Å². The third kappa shape index (κ3) is 7.96. The second kappa shape index (κ2) is 10.1. The van der Waals surface area contributed by atoms with E-state index in [-0.39, 0.29) is 18.5 Å². The zero-order valence-electron chi connectivity index (χ0n) is 13.6. The van der Waals surface area contributed by atoms with Gasteiger partial charge in [0.15, 0.2) is 0 Å². The van der Waals surface area contributed by atoms with Crippen LogP contribution in [0.3, 0.4) is 0 Å². The Kier molecular flexibility index (Phi) is 8.48. The summed E-state index contributed by atoms with van der Waals surface area (Å²) in [6.07, 6.45) is 1.91. The summed E-state index contributed by atoms with van der Waals surface area (Å²) in [7, 11) is 0. The zero-order valence-corrected chi connectivity index (χ0v) is 13.6. The summed E-state index contributed by atoms with van der Waals surface area (Å²) in [5.41, 5.74) is 2.13. The lowest BCUT2D eigenvalue weighted by molar-refractivity contribution is -0.139. The van der Waals surface area contributed by atoms with Crippen molar-refractivity contribution in [2.45, 2.75) is 39.9 Å². The fourth-order valence-electron chi connectivity index (χ4n) is 1.96. The number of aliphatic hydroxyl groups excluding tert-OH is 1. The Labute approximate surface area is 132 Å². The summed E-state index contributed by atoms with van der Waals surface area (Å²) in [5, 5.41) is 10.2. The molecule has 0 aliphatic heterocycles. The van der Waals surface area contributed by atoms with Gasteiger partial charge in [-0.25, -0.2) is 0 Å². The Morgan fingerprint density at radius 3 is 2.59 bits per heavy atom. The van der Waals surface area contributed by atoms with Gasteiger partial charge < -0.3 is 14.6 Å². The van der Waals surface area contributed by atoms with Crippen LogP contribution in [0.25, 0.3) is 0 Å². The predicted molar refractivity (Wildman–Crippen MR) is 86.3 cm³/mol. The van der Waals surface area contributed by atoms with Gasteiger partial charge in [0.1, 0.15) is 6.61 Å². The van der Waals surface area contributed by atoms with Gasteiger partial charge in [-0.15, -0.1) is 0 Å². The molecular weight excluding hydrogens is 280 g/mol. The van der Waals surface area contributed by atoms with E-state index >= 15 is 0 Å². The molecule has 0 fully saturated rings. The van der Waals surface area contributed by atoms with Crippen molar-refractivity contribution in [3.8, 4) is 0 Å². The number of benzene rings is 1. The van der Waals surface area contributed by atoms with Crippen LogP contribution in [0.15, 0.2) is 42.0 Å². The van der Waals surface area contributed by atoms with E-state index in [1.165, 1.54) is 6.92 Å². The normalized spacial score (nSPS) is 14.5. The molecule has 0 aliphatic carbocycles. The highest BCUT2D eigenvalue weighted by molar-refractivity contribution is 5.66. The van der Waals surface area contributed by atoms with Gasteiger partial charge in [-0.05, 0) is 25.0 Å². The van der Waals surface area contributed by atoms with Gasteiger partial charge in [-0.2, -0.15) is 0 Å². The molecule has 0 aromatic heterocycles. The monoisotopic (exact) mass is 306 g/mol. The molecular formula is C18H26O4. The maximum Gasteiger partial charge on any atom is 0.302 e. The molecule has 2 atom stereocenters. The number of aliphatic hydroxyl groups is 1. The first-order valence-electron chi connectivity index (χ1n) is 7.57. The molecule has 0 saturated heterocycles. The molecule has 0 amide bonds. The van der Waals surface area contributed by atoms with Crippen molar-refractivity contribution < 1.29 is 19.4 Å². The highest BCUT2D eigenvalue weighted by atomic mass is 16.5. The summed E-state index contributed by atoms with van der Waals surface area (Å²) in [6, 6.07) is 9.97. The first kappa shape index (κ1) is 18.4. The van der Waals surface area contributed by atoms with Crippen LogP contribution >= 0.6 is 0 Å². The maximum atomic E-state index is 10.7. The molecule has 1 rings (SSSR count). The maximum absolute atomic E-state index is 10.7. The molecule has 0 heterocycles. The Bertz CT molecular complexity index is 467. The number of rotatable bonds is 9. The first-order valence-corrected chi connectivity index (χ1v) is 7.57. The van der Waals surface area contributed by atoms with E-state index in [0.717, 1.165) is 11.1 Å². The molecule has 1 aromatic carbocycles. The van der Waals surface area contributed by atoms with Crippen LogP contribution in [0.1, 0.15) is 32.8 Å². The Hall–Kier alpha value is -1.65. The molecule has 0 radical (unpaired) electrons. The standard InChI is InChI=1S/C18H26O4/c1-14(9-10-22-16(3)19)11-18(20)15(2)12-21-13-17-7-5-4-6-8-17/h4-9,15,18,20H,10-13H2,1-3H3/b14-9-/t15-,18-/m1/s1. The third-order valence-corrected chi connectivity index (χ3v) is 3.40. The molecule has 0 saturated carbocycles. The lowest BCUT2D eigenvalue weighted by atomic mass is 9.99. The van der Waals surface area contributed by atoms with E-state index in [2.05, 4.69) is 0 Å². The van der Waals surface area contributed by atoms with Crippen molar-refractivity contribution >= 4 is 5.97 Å². The lowest BCUT2D eigenvalue weighted by Gasteiger charge is -2.19.